The Kier molecular flexibility index (Phi) is 3.04. The molecule has 3 aromatic rings. The maximum Gasteiger partial charge on any atom is 0.255 e. The lowest BCUT2D eigenvalue weighted by Gasteiger charge is -2.37. The van der Waals surface area contributed by atoms with Crippen LogP contribution in [0.2, 0.25) is 5.02 Å². The van der Waals surface area contributed by atoms with Gasteiger partial charge in [-0.15, -0.1) is 0 Å². The average Bonchev–Trinajstić information content (AvgIpc) is 3.12. The lowest BCUT2D eigenvalue weighted by Crippen LogP contribution is -2.58. The summed E-state index contributed by atoms with van der Waals surface area (Å²) in [6.07, 6.45) is 0.654. The Hall–Kier alpha value is -2.34. The van der Waals surface area contributed by atoms with E-state index in [0.29, 0.717) is 11.4 Å². The van der Waals surface area contributed by atoms with Crippen molar-refractivity contribution in [2.24, 2.45) is 0 Å². The molecule has 0 aliphatic carbocycles. The van der Waals surface area contributed by atoms with Crippen molar-refractivity contribution in [3.8, 4) is 0 Å². The topological polar surface area (TPSA) is 77.2 Å². The maximum atomic E-state index is 13.1. The van der Waals surface area contributed by atoms with Crippen LogP contribution >= 0.6 is 11.6 Å². The number of fused-ring (bicyclic) bond motifs is 6. The zero-order valence-electron chi connectivity index (χ0n) is 13.3. The van der Waals surface area contributed by atoms with E-state index in [9.17, 15) is 9.90 Å². The predicted molar refractivity (Wildman–Crippen MR) is 96.9 cm³/mol. The van der Waals surface area contributed by atoms with Gasteiger partial charge in [0.1, 0.15) is 0 Å². The van der Waals surface area contributed by atoms with Crippen LogP contribution in [0, 0.1) is 0 Å². The molecule has 126 valence electrons. The molecule has 4 N–H and O–H groups in total. The fraction of sp³-hybridized carbons (Fsp3) is 0.211. The molecule has 2 atom stereocenters. The van der Waals surface area contributed by atoms with E-state index in [4.69, 9.17) is 11.6 Å². The second-order valence-electron chi connectivity index (χ2n) is 6.65. The fourth-order valence-corrected chi connectivity index (χ4v) is 4.36. The number of hydrogen-bond acceptors (Lipinski definition) is 3. The maximum absolute atomic E-state index is 13.1. The van der Waals surface area contributed by atoms with Crippen LogP contribution in [0.25, 0.3) is 10.9 Å². The second-order valence-corrected chi connectivity index (χ2v) is 7.08. The van der Waals surface area contributed by atoms with Crippen molar-refractivity contribution in [2.45, 2.75) is 18.0 Å². The average molecular weight is 354 g/mol. The molecule has 0 unspecified atom stereocenters. The van der Waals surface area contributed by atoms with Crippen LogP contribution in [0.3, 0.4) is 0 Å². The summed E-state index contributed by atoms with van der Waals surface area (Å²) in [6, 6.07) is 13.2. The summed E-state index contributed by atoms with van der Waals surface area (Å²) in [7, 11) is 0. The molecule has 0 bridgehead atoms. The molecule has 0 radical (unpaired) electrons. The standard InChI is InChI=1S/C19H16ClN3O2/c20-10-5-6-16-14(7-10)19(18(25)22-16)17-13(8-11(9-24)23-19)12-3-1-2-4-15(12)21-17/h1-7,11,21,23-24H,8-9H2,(H,22,25)/t11-,19+/m1/s1. The van der Waals surface area contributed by atoms with Gasteiger partial charge in [0, 0.05) is 33.2 Å². The molecule has 0 saturated carbocycles. The Morgan fingerprint density at radius 3 is 2.92 bits per heavy atom. The molecule has 1 aromatic heterocycles. The van der Waals surface area contributed by atoms with Gasteiger partial charge in [0.15, 0.2) is 5.54 Å². The third-order valence-electron chi connectivity index (χ3n) is 5.25. The Morgan fingerprint density at radius 2 is 2.08 bits per heavy atom. The highest BCUT2D eigenvalue weighted by Gasteiger charge is 2.53. The highest BCUT2D eigenvalue weighted by atomic mass is 35.5. The molecule has 0 fully saturated rings. The molecular formula is C19H16ClN3O2. The van der Waals surface area contributed by atoms with Crippen molar-refractivity contribution < 1.29 is 9.90 Å². The molecule has 2 aromatic carbocycles. The Labute approximate surface area is 149 Å². The number of amides is 1. The number of carbonyl (C=O) groups is 1. The van der Waals surface area contributed by atoms with Gasteiger partial charge in [-0.25, -0.2) is 0 Å². The Morgan fingerprint density at radius 1 is 1.24 bits per heavy atom. The quantitative estimate of drug-likeness (QED) is 0.543. The predicted octanol–water partition coefficient (Wildman–Crippen LogP) is 2.52. The molecule has 2 aliphatic heterocycles. The highest BCUT2D eigenvalue weighted by molar-refractivity contribution is 6.31. The van der Waals surface area contributed by atoms with Crippen LogP contribution in [0.5, 0.6) is 0 Å². The van der Waals surface area contributed by atoms with Crippen molar-refractivity contribution in [1.82, 2.24) is 10.3 Å². The molecule has 1 spiro atoms. The molecule has 5 nitrogen and oxygen atoms in total. The van der Waals surface area contributed by atoms with Gasteiger partial charge in [-0.1, -0.05) is 29.8 Å². The van der Waals surface area contributed by atoms with Crippen molar-refractivity contribution in [3.05, 3.63) is 64.3 Å². The van der Waals surface area contributed by atoms with Crippen LogP contribution in [0.1, 0.15) is 16.8 Å². The summed E-state index contributed by atoms with van der Waals surface area (Å²) in [5, 5.41) is 17.8. The minimum atomic E-state index is -1.07. The number of para-hydroxylation sites is 1. The van der Waals surface area contributed by atoms with Gasteiger partial charge >= 0.3 is 0 Å². The zero-order chi connectivity index (χ0) is 17.2. The summed E-state index contributed by atoms with van der Waals surface area (Å²) in [4.78, 5) is 16.5. The first kappa shape index (κ1) is 15.0. The molecule has 5 rings (SSSR count). The SMILES string of the molecule is O=C1Nc2ccc(Cl)cc2[C@@]12N[C@@H](CO)Cc1c2[nH]c2ccccc12. The molecule has 1 amide bonds. The van der Waals surface area contributed by atoms with Gasteiger partial charge in [0.25, 0.3) is 5.91 Å². The number of aromatic nitrogens is 1. The number of nitrogens with one attached hydrogen (secondary N) is 3. The van der Waals surface area contributed by atoms with E-state index in [0.717, 1.165) is 33.4 Å². The van der Waals surface area contributed by atoms with Gasteiger partial charge in [0.05, 0.1) is 12.3 Å². The lowest BCUT2D eigenvalue weighted by atomic mass is 9.79. The lowest BCUT2D eigenvalue weighted by molar-refractivity contribution is -0.121. The Bertz CT molecular complexity index is 1030. The number of carbonyl (C=O) groups excluding carboxylic acids is 1. The van der Waals surface area contributed by atoms with E-state index in [2.05, 4.69) is 15.6 Å². The van der Waals surface area contributed by atoms with Crippen LogP contribution < -0.4 is 10.6 Å². The number of aliphatic hydroxyl groups is 1. The van der Waals surface area contributed by atoms with Crippen LogP contribution in [0.4, 0.5) is 5.69 Å². The van der Waals surface area contributed by atoms with Crippen molar-refractivity contribution >= 4 is 34.1 Å². The van der Waals surface area contributed by atoms with E-state index in [1.54, 1.807) is 6.07 Å². The first-order valence-corrected chi connectivity index (χ1v) is 8.61. The van der Waals surface area contributed by atoms with Gasteiger partial charge in [-0.3, -0.25) is 10.1 Å². The normalized spacial score (nSPS) is 24.4. The van der Waals surface area contributed by atoms with Crippen LogP contribution in [-0.4, -0.2) is 28.6 Å². The number of aliphatic hydroxyl groups excluding tert-OH is 1. The third kappa shape index (κ3) is 1.88. The van der Waals surface area contributed by atoms with Gasteiger partial charge < -0.3 is 15.4 Å². The van der Waals surface area contributed by atoms with Crippen molar-refractivity contribution in [2.75, 3.05) is 11.9 Å². The first-order valence-electron chi connectivity index (χ1n) is 8.23. The third-order valence-corrected chi connectivity index (χ3v) is 5.49. The molecule has 2 aliphatic rings. The number of halogens is 1. The zero-order valence-corrected chi connectivity index (χ0v) is 14.0. The van der Waals surface area contributed by atoms with Crippen molar-refractivity contribution in [1.29, 1.82) is 0 Å². The number of anilines is 1. The van der Waals surface area contributed by atoms with E-state index >= 15 is 0 Å². The number of H-pyrrole nitrogens is 1. The monoisotopic (exact) mass is 353 g/mol. The van der Waals surface area contributed by atoms with Crippen LogP contribution in [-0.2, 0) is 16.8 Å². The van der Waals surface area contributed by atoms with Gasteiger partial charge in [-0.05, 0) is 36.2 Å². The minimum Gasteiger partial charge on any atom is -0.395 e. The smallest absolute Gasteiger partial charge is 0.255 e. The Balaban J connectivity index is 1.86. The molecule has 25 heavy (non-hydrogen) atoms. The summed E-state index contributed by atoms with van der Waals surface area (Å²) in [5.74, 6) is -0.157. The van der Waals surface area contributed by atoms with Gasteiger partial charge in [-0.2, -0.15) is 0 Å². The number of benzene rings is 2. The van der Waals surface area contributed by atoms with E-state index in [1.807, 2.05) is 36.4 Å². The molecule has 3 heterocycles. The number of rotatable bonds is 1. The van der Waals surface area contributed by atoms with Crippen molar-refractivity contribution in [3.63, 3.8) is 0 Å². The summed E-state index contributed by atoms with van der Waals surface area (Å²) in [6.45, 7) is -0.0517. The number of aromatic amines is 1. The van der Waals surface area contributed by atoms with E-state index in [1.165, 1.54) is 0 Å². The van der Waals surface area contributed by atoms with Crippen LogP contribution in [0.15, 0.2) is 42.5 Å². The fourth-order valence-electron chi connectivity index (χ4n) is 4.18. The molecular weight excluding hydrogens is 338 g/mol. The first-order chi connectivity index (χ1) is 12.1. The highest BCUT2D eigenvalue weighted by Crippen LogP contribution is 2.46. The summed E-state index contributed by atoms with van der Waals surface area (Å²) in [5.41, 5.74) is 3.34. The largest absolute Gasteiger partial charge is 0.395 e. The summed E-state index contributed by atoms with van der Waals surface area (Å²) >= 11 is 6.22. The summed E-state index contributed by atoms with van der Waals surface area (Å²) < 4.78 is 0. The van der Waals surface area contributed by atoms with Gasteiger partial charge in [0.2, 0.25) is 0 Å². The molecule has 0 saturated heterocycles. The molecule has 6 heteroatoms. The van der Waals surface area contributed by atoms with E-state index in [-0.39, 0.29) is 18.6 Å². The minimum absolute atomic E-state index is 0.0517. The number of hydrogen-bond donors (Lipinski definition) is 4. The van der Waals surface area contributed by atoms with E-state index < -0.39 is 5.54 Å². The second kappa shape index (κ2) is 5.08.